The van der Waals surface area contributed by atoms with Gasteiger partial charge in [-0.15, -0.1) is 0 Å². The summed E-state index contributed by atoms with van der Waals surface area (Å²) in [6, 6.07) is 4.47. The van der Waals surface area contributed by atoms with E-state index in [9.17, 15) is 0 Å². The summed E-state index contributed by atoms with van der Waals surface area (Å²) in [5.41, 5.74) is 4.46. The van der Waals surface area contributed by atoms with Gasteiger partial charge in [-0.25, -0.2) is 0 Å². The first-order valence-electron chi connectivity index (χ1n) is 4.06. The minimum absolute atomic E-state index is 1.26. The van der Waals surface area contributed by atoms with Gasteiger partial charge in [0.15, 0.2) is 0 Å². The lowest BCUT2D eigenvalue weighted by molar-refractivity contribution is 0.910. The lowest BCUT2D eigenvalue weighted by Crippen LogP contribution is -1.86. The molecule has 2 rings (SSSR count). The van der Waals surface area contributed by atoms with Crippen molar-refractivity contribution in [2.24, 2.45) is 0 Å². The molecule has 1 heteroatoms. The normalized spacial score (nSPS) is 15.1. The average Bonchev–Trinajstić information content (AvgIpc) is 2.45. The Bertz CT molecular complexity index is 289. The van der Waals surface area contributed by atoms with Crippen molar-refractivity contribution in [3.63, 3.8) is 0 Å². The Labute approximate surface area is 75.8 Å². The summed E-state index contributed by atoms with van der Waals surface area (Å²) < 4.78 is 1.34. The minimum Gasteiger partial charge on any atom is -0.0584 e. The van der Waals surface area contributed by atoms with E-state index >= 15 is 0 Å². The highest BCUT2D eigenvalue weighted by molar-refractivity contribution is 9.10. The van der Waals surface area contributed by atoms with Crippen molar-refractivity contribution in [1.82, 2.24) is 0 Å². The molecule has 0 atom stereocenters. The van der Waals surface area contributed by atoms with Crippen LogP contribution in [0.3, 0.4) is 0 Å². The molecule has 0 unspecified atom stereocenters. The van der Waals surface area contributed by atoms with E-state index in [1.54, 1.807) is 11.1 Å². The lowest BCUT2D eigenvalue weighted by Gasteiger charge is -2.04. The summed E-state index contributed by atoms with van der Waals surface area (Å²) in [6.45, 7) is 2.16. The number of benzene rings is 1. The summed E-state index contributed by atoms with van der Waals surface area (Å²) in [5.74, 6) is 0. The second-order valence-corrected chi connectivity index (χ2v) is 3.98. The van der Waals surface area contributed by atoms with Crippen LogP contribution in [0.25, 0.3) is 0 Å². The topological polar surface area (TPSA) is 0 Å². The highest BCUT2D eigenvalue weighted by atomic mass is 79.9. The molecule has 1 aliphatic carbocycles. The Morgan fingerprint density at radius 2 is 2.09 bits per heavy atom. The van der Waals surface area contributed by atoms with E-state index in [1.165, 1.54) is 29.3 Å². The molecule has 0 bridgehead atoms. The number of fused-ring (bicyclic) bond motifs is 1. The predicted molar refractivity (Wildman–Crippen MR) is 50.9 cm³/mol. The van der Waals surface area contributed by atoms with Crippen LogP contribution in [-0.4, -0.2) is 0 Å². The van der Waals surface area contributed by atoms with Gasteiger partial charge in [0.05, 0.1) is 0 Å². The molecule has 0 radical (unpaired) electrons. The molecule has 0 saturated carbocycles. The highest BCUT2D eigenvalue weighted by Crippen LogP contribution is 2.31. The van der Waals surface area contributed by atoms with E-state index in [4.69, 9.17) is 0 Å². The van der Waals surface area contributed by atoms with Gasteiger partial charge in [0, 0.05) is 4.47 Å². The smallest absolute Gasteiger partial charge is 0.0239 e. The first-order chi connectivity index (χ1) is 5.29. The summed E-state index contributed by atoms with van der Waals surface area (Å²) >= 11 is 3.63. The Kier molecular flexibility index (Phi) is 1.76. The van der Waals surface area contributed by atoms with E-state index in [2.05, 4.69) is 35.0 Å². The standard InChI is InChI=1S/C10H11Br/c1-7-5-6-8-3-2-4-9(8)10(7)11/h5-6H,2-4H2,1H3. The van der Waals surface area contributed by atoms with Gasteiger partial charge >= 0.3 is 0 Å². The van der Waals surface area contributed by atoms with Crippen LogP contribution in [0.5, 0.6) is 0 Å². The third-order valence-corrected chi connectivity index (χ3v) is 3.51. The molecule has 11 heavy (non-hydrogen) atoms. The number of rotatable bonds is 0. The zero-order chi connectivity index (χ0) is 7.84. The summed E-state index contributed by atoms with van der Waals surface area (Å²) in [5, 5.41) is 0. The monoisotopic (exact) mass is 210 g/mol. The minimum atomic E-state index is 1.26. The molecule has 0 amide bonds. The molecule has 0 spiro atoms. The Morgan fingerprint density at radius 1 is 1.27 bits per heavy atom. The van der Waals surface area contributed by atoms with Crippen molar-refractivity contribution < 1.29 is 0 Å². The van der Waals surface area contributed by atoms with Gasteiger partial charge in [0.1, 0.15) is 0 Å². The number of hydrogen-bond acceptors (Lipinski definition) is 0. The first kappa shape index (κ1) is 7.35. The van der Waals surface area contributed by atoms with Gasteiger partial charge < -0.3 is 0 Å². The SMILES string of the molecule is Cc1ccc2c(c1Br)CCC2. The quantitative estimate of drug-likeness (QED) is 0.617. The first-order valence-corrected chi connectivity index (χ1v) is 4.85. The van der Waals surface area contributed by atoms with Gasteiger partial charge in [-0.1, -0.05) is 28.1 Å². The lowest BCUT2D eigenvalue weighted by atomic mass is 10.1. The third kappa shape index (κ3) is 1.12. The summed E-state index contributed by atoms with van der Waals surface area (Å²) in [4.78, 5) is 0. The molecular weight excluding hydrogens is 200 g/mol. The molecule has 0 fully saturated rings. The van der Waals surface area contributed by atoms with E-state index in [0.29, 0.717) is 0 Å². The average molecular weight is 211 g/mol. The maximum absolute atomic E-state index is 3.63. The van der Waals surface area contributed by atoms with Crippen molar-refractivity contribution in [2.75, 3.05) is 0 Å². The molecule has 1 aromatic carbocycles. The van der Waals surface area contributed by atoms with Gasteiger partial charge in [-0.05, 0) is 42.9 Å². The van der Waals surface area contributed by atoms with Crippen LogP contribution in [-0.2, 0) is 12.8 Å². The van der Waals surface area contributed by atoms with Crippen molar-refractivity contribution in [3.05, 3.63) is 33.3 Å². The number of halogens is 1. The fourth-order valence-electron chi connectivity index (χ4n) is 1.74. The number of hydrogen-bond donors (Lipinski definition) is 0. The fraction of sp³-hybridized carbons (Fsp3) is 0.400. The second kappa shape index (κ2) is 2.63. The van der Waals surface area contributed by atoms with Crippen LogP contribution < -0.4 is 0 Å². The Morgan fingerprint density at radius 3 is 2.91 bits per heavy atom. The number of aryl methyl sites for hydroxylation is 2. The van der Waals surface area contributed by atoms with Crippen molar-refractivity contribution in [2.45, 2.75) is 26.2 Å². The summed E-state index contributed by atoms with van der Waals surface area (Å²) in [7, 11) is 0. The van der Waals surface area contributed by atoms with Crippen molar-refractivity contribution >= 4 is 15.9 Å². The molecule has 0 nitrogen and oxygen atoms in total. The van der Waals surface area contributed by atoms with Gasteiger partial charge in [0.2, 0.25) is 0 Å². The second-order valence-electron chi connectivity index (χ2n) is 3.19. The molecular formula is C10H11Br. The molecule has 0 aliphatic heterocycles. The molecule has 58 valence electrons. The third-order valence-electron chi connectivity index (χ3n) is 2.41. The van der Waals surface area contributed by atoms with Gasteiger partial charge in [-0.2, -0.15) is 0 Å². The Hall–Kier alpha value is -0.300. The molecule has 0 aromatic heterocycles. The van der Waals surface area contributed by atoms with E-state index < -0.39 is 0 Å². The van der Waals surface area contributed by atoms with Crippen LogP contribution in [0.4, 0.5) is 0 Å². The van der Waals surface area contributed by atoms with E-state index in [1.807, 2.05) is 0 Å². The van der Waals surface area contributed by atoms with Crippen molar-refractivity contribution in [3.8, 4) is 0 Å². The fourth-order valence-corrected chi connectivity index (χ4v) is 2.32. The van der Waals surface area contributed by atoms with Crippen LogP contribution >= 0.6 is 15.9 Å². The van der Waals surface area contributed by atoms with Gasteiger partial charge in [-0.3, -0.25) is 0 Å². The zero-order valence-electron chi connectivity index (χ0n) is 6.65. The molecule has 1 aliphatic rings. The highest BCUT2D eigenvalue weighted by Gasteiger charge is 2.13. The van der Waals surface area contributed by atoms with Gasteiger partial charge in [0.25, 0.3) is 0 Å². The Balaban J connectivity index is 2.62. The van der Waals surface area contributed by atoms with Crippen molar-refractivity contribution in [1.29, 1.82) is 0 Å². The zero-order valence-corrected chi connectivity index (χ0v) is 8.24. The molecule has 0 N–H and O–H groups in total. The van der Waals surface area contributed by atoms with Crippen LogP contribution in [0.2, 0.25) is 0 Å². The van der Waals surface area contributed by atoms with E-state index in [0.717, 1.165) is 0 Å². The maximum Gasteiger partial charge on any atom is 0.0239 e. The largest absolute Gasteiger partial charge is 0.0584 e. The molecule has 0 heterocycles. The van der Waals surface area contributed by atoms with E-state index in [-0.39, 0.29) is 0 Å². The maximum atomic E-state index is 3.63. The molecule has 0 saturated heterocycles. The molecule has 1 aromatic rings. The summed E-state index contributed by atoms with van der Waals surface area (Å²) in [6.07, 6.45) is 3.86. The van der Waals surface area contributed by atoms with Crippen LogP contribution in [0, 0.1) is 6.92 Å². The van der Waals surface area contributed by atoms with Crippen LogP contribution in [0.15, 0.2) is 16.6 Å². The predicted octanol–water partition coefficient (Wildman–Crippen LogP) is 3.25. The van der Waals surface area contributed by atoms with Crippen LogP contribution in [0.1, 0.15) is 23.1 Å².